The number of primary amides is 1. The Balaban J connectivity index is 2.00. The average Bonchev–Trinajstić information content (AvgIpc) is 2.54. The highest BCUT2D eigenvalue weighted by Crippen LogP contribution is 2.29. The highest BCUT2D eigenvalue weighted by atomic mass is 19.4. The average molecular weight is 351 g/mol. The number of urea groups is 1. The number of nitrogens with two attached hydrogens (primary N) is 1. The number of anilines is 1. The lowest BCUT2D eigenvalue weighted by Gasteiger charge is -2.11. The van der Waals surface area contributed by atoms with Crippen LogP contribution in [0.4, 0.5) is 23.7 Å². The summed E-state index contributed by atoms with van der Waals surface area (Å²) in [6, 6.07) is 8.72. The molecule has 132 valence electrons. The van der Waals surface area contributed by atoms with Crippen molar-refractivity contribution in [3.8, 4) is 0 Å². The lowest BCUT2D eigenvalue weighted by molar-refractivity contribution is -0.137. The molecule has 25 heavy (non-hydrogen) atoms. The summed E-state index contributed by atoms with van der Waals surface area (Å²) in [6.45, 7) is 1.63. The first-order valence-corrected chi connectivity index (χ1v) is 7.28. The third kappa shape index (κ3) is 4.97. The van der Waals surface area contributed by atoms with Gasteiger partial charge in [0.25, 0.3) is 0 Å². The Morgan fingerprint density at radius 1 is 1.12 bits per heavy atom. The van der Waals surface area contributed by atoms with Crippen LogP contribution in [-0.4, -0.2) is 11.9 Å². The van der Waals surface area contributed by atoms with E-state index in [4.69, 9.17) is 5.73 Å². The fourth-order valence-electron chi connectivity index (χ4n) is 2.18. The zero-order valence-electron chi connectivity index (χ0n) is 13.3. The number of carbonyl (C=O) groups is 2. The molecule has 3 amide bonds. The van der Waals surface area contributed by atoms with Crippen molar-refractivity contribution in [2.75, 3.05) is 5.32 Å². The summed E-state index contributed by atoms with van der Waals surface area (Å²) < 4.78 is 38.0. The van der Waals surface area contributed by atoms with E-state index in [1.54, 1.807) is 19.1 Å². The van der Waals surface area contributed by atoms with Gasteiger partial charge in [-0.25, -0.2) is 4.79 Å². The molecule has 0 saturated heterocycles. The Hall–Kier alpha value is -3.03. The van der Waals surface area contributed by atoms with Crippen molar-refractivity contribution in [2.24, 2.45) is 5.73 Å². The van der Waals surface area contributed by atoms with E-state index < -0.39 is 23.7 Å². The molecule has 0 aromatic heterocycles. The van der Waals surface area contributed by atoms with Crippen LogP contribution in [0.25, 0.3) is 0 Å². The molecule has 5 nitrogen and oxygen atoms in total. The molecule has 0 saturated carbocycles. The second-order valence-corrected chi connectivity index (χ2v) is 5.40. The molecule has 2 aromatic carbocycles. The van der Waals surface area contributed by atoms with E-state index in [1.165, 1.54) is 18.2 Å². The van der Waals surface area contributed by atoms with Gasteiger partial charge >= 0.3 is 12.2 Å². The molecular formula is C17H16F3N3O2. The maximum Gasteiger partial charge on any atom is 0.416 e. The molecule has 2 aromatic rings. The highest BCUT2D eigenvalue weighted by molar-refractivity contribution is 5.97. The first-order valence-electron chi connectivity index (χ1n) is 7.28. The molecule has 0 spiro atoms. The molecule has 0 aliphatic carbocycles. The van der Waals surface area contributed by atoms with E-state index in [0.29, 0.717) is 16.8 Å². The van der Waals surface area contributed by atoms with Crippen molar-refractivity contribution < 1.29 is 22.8 Å². The van der Waals surface area contributed by atoms with Gasteiger partial charge in [-0.2, -0.15) is 13.2 Å². The molecule has 0 aliphatic heterocycles. The van der Waals surface area contributed by atoms with Crippen LogP contribution in [0, 0.1) is 6.92 Å². The van der Waals surface area contributed by atoms with Gasteiger partial charge in [-0.1, -0.05) is 18.2 Å². The molecule has 0 fully saturated rings. The number of hydrogen-bond donors (Lipinski definition) is 3. The van der Waals surface area contributed by atoms with E-state index in [0.717, 1.165) is 12.1 Å². The van der Waals surface area contributed by atoms with Crippen LogP contribution in [0.15, 0.2) is 42.5 Å². The molecular weight excluding hydrogens is 335 g/mol. The largest absolute Gasteiger partial charge is 0.416 e. The topological polar surface area (TPSA) is 84.2 Å². The van der Waals surface area contributed by atoms with E-state index in [1.807, 2.05) is 0 Å². The van der Waals surface area contributed by atoms with E-state index in [2.05, 4.69) is 10.6 Å². The lowest BCUT2D eigenvalue weighted by Crippen LogP contribution is -2.28. The highest BCUT2D eigenvalue weighted by Gasteiger charge is 2.30. The Morgan fingerprint density at radius 3 is 2.48 bits per heavy atom. The molecule has 4 N–H and O–H groups in total. The second-order valence-electron chi connectivity index (χ2n) is 5.40. The number of alkyl halides is 3. The number of nitrogens with one attached hydrogen (secondary N) is 2. The standard InChI is InChI=1S/C17H16F3N3O2/c1-10-5-6-13(8-14(10)15(21)24)23-16(25)22-9-11-3-2-4-12(7-11)17(18,19)20/h2-8H,9H2,1H3,(H2,21,24)(H2,22,23,25). The number of rotatable bonds is 4. The van der Waals surface area contributed by atoms with E-state index in [9.17, 15) is 22.8 Å². The summed E-state index contributed by atoms with van der Waals surface area (Å²) in [7, 11) is 0. The lowest BCUT2D eigenvalue weighted by atomic mass is 10.1. The van der Waals surface area contributed by atoms with Crippen molar-refractivity contribution in [1.82, 2.24) is 5.32 Å². The first-order chi connectivity index (χ1) is 11.7. The molecule has 0 aliphatic rings. The van der Waals surface area contributed by atoms with Gasteiger partial charge in [0.15, 0.2) is 0 Å². The van der Waals surface area contributed by atoms with Crippen molar-refractivity contribution in [2.45, 2.75) is 19.6 Å². The van der Waals surface area contributed by atoms with Gasteiger partial charge in [0.1, 0.15) is 0 Å². The normalized spacial score (nSPS) is 11.0. The molecule has 2 rings (SSSR count). The maximum absolute atomic E-state index is 12.7. The Morgan fingerprint density at radius 2 is 1.84 bits per heavy atom. The number of halogens is 3. The SMILES string of the molecule is Cc1ccc(NC(=O)NCc2cccc(C(F)(F)F)c2)cc1C(N)=O. The minimum absolute atomic E-state index is 0.0791. The van der Waals surface area contributed by atoms with Crippen molar-refractivity contribution in [1.29, 1.82) is 0 Å². The monoisotopic (exact) mass is 351 g/mol. The van der Waals surface area contributed by atoms with Crippen LogP contribution in [0.3, 0.4) is 0 Å². The first kappa shape index (κ1) is 18.3. The predicted molar refractivity (Wildman–Crippen MR) is 87.0 cm³/mol. The Bertz CT molecular complexity index is 804. The molecule has 8 heteroatoms. The molecule has 0 heterocycles. The number of aryl methyl sites for hydroxylation is 1. The summed E-state index contributed by atoms with van der Waals surface area (Å²) in [5.74, 6) is -0.620. The van der Waals surface area contributed by atoms with Crippen LogP contribution in [0.2, 0.25) is 0 Å². The van der Waals surface area contributed by atoms with Gasteiger partial charge in [0.05, 0.1) is 5.56 Å². The maximum atomic E-state index is 12.7. The fourth-order valence-corrected chi connectivity index (χ4v) is 2.18. The second kappa shape index (κ2) is 7.25. The third-order valence-corrected chi connectivity index (χ3v) is 3.47. The van der Waals surface area contributed by atoms with Gasteiger partial charge < -0.3 is 16.4 Å². The van der Waals surface area contributed by atoms with Gasteiger partial charge in [-0.05, 0) is 42.3 Å². The van der Waals surface area contributed by atoms with Crippen LogP contribution in [0.5, 0.6) is 0 Å². The predicted octanol–water partition coefficient (Wildman–Crippen LogP) is 3.43. The van der Waals surface area contributed by atoms with Crippen LogP contribution in [0.1, 0.15) is 27.0 Å². The van der Waals surface area contributed by atoms with Crippen LogP contribution < -0.4 is 16.4 Å². The van der Waals surface area contributed by atoms with Gasteiger partial charge in [0.2, 0.25) is 5.91 Å². The molecule has 0 radical (unpaired) electrons. The summed E-state index contributed by atoms with van der Waals surface area (Å²) in [6.07, 6.45) is -4.44. The number of carbonyl (C=O) groups excluding carboxylic acids is 2. The summed E-state index contributed by atoms with van der Waals surface area (Å²) in [4.78, 5) is 23.2. The van der Waals surface area contributed by atoms with Gasteiger partial charge in [-0.15, -0.1) is 0 Å². The Labute approximate surface area is 142 Å². The van der Waals surface area contributed by atoms with E-state index in [-0.39, 0.29) is 12.1 Å². The summed E-state index contributed by atoms with van der Waals surface area (Å²) in [5.41, 5.74) is 6.06. The summed E-state index contributed by atoms with van der Waals surface area (Å²) in [5, 5.41) is 4.96. The number of amides is 3. The van der Waals surface area contributed by atoms with Crippen LogP contribution >= 0.6 is 0 Å². The smallest absolute Gasteiger partial charge is 0.366 e. The van der Waals surface area contributed by atoms with Gasteiger partial charge in [0, 0.05) is 17.8 Å². The molecule has 0 unspecified atom stereocenters. The van der Waals surface area contributed by atoms with E-state index >= 15 is 0 Å². The van der Waals surface area contributed by atoms with Crippen molar-refractivity contribution >= 4 is 17.6 Å². The number of hydrogen-bond acceptors (Lipinski definition) is 2. The van der Waals surface area contributed by atoms with Crippen molar-refractivity contribution in [3.05, 3.63) is 64.7 Å². The minimum atomic E-state index is -4.44. The quantitative estimate of drug-likeness (QED) is 0.788. The zero-order chi connectivity index (χ0) is 18.6. The van der Waals surface area contributed by atoms with Gasteiger partial charge in [-0.3, -0.25) is 4.79 Å². The molecule has 0 atom stereocenters. The Kier molecular flexibility index (Phi) is 5.31. The van der Waals surface area contributed by atoms with Crippen LogP contribution in [-0.2, 0) is 12.7 Å². The minimum Gasteiger partial charge on any atom is -0.366 e. The third-order valence-electron chi connectivity index (χ3n) is 3.47. The van der Waals surface area contributed by atoms with Crippen molar-refractivity contribution in [3.63, 3.8) is 0 Å². The zero-order valence-corrected chi connectivity index (χ0v) is 13.3. The summed E-state index contributed by atoms with van der Waals surface area (Å²) >= 11 is 0. The number of benzene rings is 2. The fraction of sp³-hybridized carbons (Fsp3) is 0.176. The molecule has 0 bridgehead atoms.